The Balaban J connectivity index is 1.36. The number of esters is 1. The molecule has 0 bridgehead atoms. The molecule has 7 rings (SSSR count). The maximum Gasteiger partial charge on any atom is 0.343 e. The number of benzene rings is 1. The number of fused-ring (bicyclic) bond motifs is 6. The molecule has 11 heteroatoms. The van der Waals surface area contributed by atoms with Gasteiger partial charge < -0.3 is 33.8 Å². The molecule has 3 aliphatic rings. The van der Waals surface area contributed by atoms with Gasteiger partial charge >= 0.3 is 5.97 Å². The van der Waals surface area contributed by atoms with E-state index in [1.807, 2.05) is 22.9 Å². The summed E-state index contributed by atoms with van der Waals surface area (Å²) in [6.45, 7) is 4.02. The molecule has 0 fully saturated rings. The number of cyclic esters (lactones) is 1. The van der Waals surface area contributed by atoms with Gasteiger partial charge in [0.1, 0.15) is 6.61 Å². The van der Waals surface area contributed by atoms with Crippen molar-refractivity contribution in [3.63, 3.8) is 0 Å². The van der Waals surface area contributed by atoms with Gasteiger partial charge in [0.25, 0.3) is 5.56 Å². The van der Waals surface area contributed by atoms with Crippen molar-refractivity contribution in [3.8, 4) is 22.9 Å². The summed E-state index contributed by atoms with van der Waals surface area (Å²) in [5.41, 5.74) is 2.31. The first kappa shape index (κ1) is 22.9. The van der Waals surface area contributed by atoms with Crippen molar-refractivity contribution in [2.45, 2.75) is 45.2 Å². The lowest BCUT2D eigenvalue weighted by Gasteiger charge is -2.31. The van der Waals surface area contributed by atoms with Crippen LogP contribution >= 0.6 is 0 Å². The number of hydrogen-bond acceptors (Lipinski definition) is 9. The molecule has 194 valence electrons. The van der Waals surface area contributed by atoms with Crippen LogP contribution in [0.1, 0.15) is 35.6 Å². The molecule has 0 unspecified atom stereocenters. The maximum absolute atomic E-state index is 13.6. The van der Waals surface area contributed by atoms with Crippen LogP contribution in [0.5, 0.6) is 11.5 Å². The van der Waals surface area contributed by atoms with Gasteiger partial charge in [-0.15, -0.1) is 0 Å². The second kappa shape index (κ2) is 8.40. The van der Waals surface area contributed by atoms with Crippen molar-refractivity contribution in [2.75, 3.05) is 13.3 Å². The highest BCUT2D eigenvalue weighted by atomic mass is 16.7. The highest BCUT2D eigenvalue weighted by Crippen LogP contribution is 2.43. The van der Waals surface area contributed by atoms with E-state index in [9.17, 15) is 14.7 Å². The number of carbonyl (C=O) groups is 1. The Labute approximate surface area is 216 Å². The van der Waals surface area contributed by atoms with Gasteiger partial charge in [-0.2, -0.15) is 0 Å². The van der Waals surface area contributed by atoms with E-state index < -0.39 is 11.6 Å². The van der Waals surface area contributed by atoms with E-state index >= 15 is 0 Å². The number of nitrogens with zero attached hydrogens (tertiary/aromatic N) is 4. The van der Waals surface area contributed by atoms with Crippen LogP contribution in [0.25, 0.3) is 22.3 Å². The molecular weight excluding hydrogens is 490 g/mol. The molecule has 3 aliphatic heterocycles. The summed E-state index contributed by atoms with van der Waals surface area (Å²) in [5.74, 6) is 0.538. The molecular formula is C27H25N5O6. The van der Waals surface area contributed by atoms with Crippen LogP contribution in [0.3, 0.4) is 0 Å². The summed E-state index contributed by atoms with van der Waals surface area (Å²) in [6.07, 6.45) is 5.53. The third-order valence-electron chi connectivity index (χ3n) is 7.71. The fourth-order valence-corrected chi connectivity index (χ4v) is 5.59. The summed E-state index contributed by atoms with van der Waals surface area (Å²) in [4.78, 5) is 35.2. The molecule has 1 atom stereocenters. The van der Waals surface area contributed by atoms with E-state index in [4.69, 9.17) is 19.2 Å². The standard InChI is InChI=1S/C27H25N5O6/c1-2-27(35)19-8-21-24-17(11-32(21)25(33)18(19)12-36-26(27)34)16(10-28-3-5-31-6-4-29-13-31)15-7-22-23(38-14-37-22)9-20(15)30-24/h4,6-9,13,28,35H,2-3,5,10-12,14H2,1H3/t27-/m0/s1. The minimum Gasteiger partial charge on any atom is -0.458 e. The zero-order valence-electron chi connectivity index (χ0n) is 20.7. The molecule has 11 nitrogen and oxygen atoms in total. The molecule has 0 saturated heterocycles. The predicted molar refractivity (Wildman–Crippen MR) is 135 cm³/mol. The van der Waals surface area contributed by atoms with E-state index in [1.165, 1.54) is 0 Å². The third kappa shape index (κ3) is 3.28. The van der Waals surface area contributed by atoms with Gasteiger partial charge in [-0.1, -0.05) is 6.92 Å². The zero-order chi connectivity index (χ0) is 26.0. The summed E-state index contributed by atoms with van der Waals surface area (Å²) in [6, 6.07) is 5.53. The van der Waals surface area contributed by atoms with E-state index in [0.29, 0.717) is 59.2 Å². The number of hydrogen-bond donors (Lipinski definition) is 2. The fourth-order valence-electron chi connectivity index (χ4n) is 5.59. The molecule has 2 N–H and O–H groups in total. The fraction of sp³-hybridized carbons (Fsp3) is 0.333. The Kier molecular flexibility index (Phi) is 5.07. The average Bonchev–Trinajstić information content (AvgIpc) is 3.68. The first-order valence-corrected chi connectivity index (χ1v) is 12.6. The van der Waals surface area contributed by atoms with Crippen LogP contribution in [-0.4, -0.2) is 43.5 Å². The number of aliphatic hydroxyl groups is 1. The zero-order valence-corrected chi connectivity index (χ0v) is 20.7. The second-order valence-electron chi connectivity index (χ2n) is 9.72. The monoisotopic (exact) mass is 515 g/mol. The maximum atomic E-state index is 13.6. The summed E-state index contributed by atoms with van der Waals surface area (Å²) in [5, 5.41) is 15.6. The Morgan fingerprint density at radius 3 is 2.76 bits per heavy atom. The second-order valence-corrected chi connectivity index (χ2v) is 9.72. The summed E-state index contributed by atoms with van der Waals surface area (Å²) >= 11 is 0. The largest absolute Gasteiger partial charge is 0.458 e. The van der Waals surface area contributed by atoms with Gasteiger partial charge in [-0.25, -0.2) is 14.8 Å². The lowest BCUT2D eigenvalue weighted by Crippen LogP contribution is -2.44. The van der Waals surface area contributed by atoms with E-state index in [0.717, 1.165) is 23.1 Å². The molecule has 0 saturated carbocycles. The number of nitrogens with one attached hydrogen (secondary N) is 1. The Hall–Kier alpha value is -4.22. The SMILES string of the molecule is CC[C@@]1(O)C(=O)OCc2c1cc1n(c2=O)Cc2c-1nc1cc3c(cc1c2CNCCn1ccnc1)OCO3. The van der Waals surface area contributed by atoms with Gasteiger partial charge in [-0.05, 0) is 24.1 Å². The van der Waals surface area contributed by atoms with Crippen molar-refractivity contribution >= 4 is 16.9 Å². The molecule has 0 amide bonds. The lowest BCUT2D eigenvalue weighted by atomic mass is 9.86. The van der Waals surface area contributed by atoms with Crippen molar-refractivity contribution in [3.05, 3.63) is 69.5 Å². The first-order chi connectivity index (χ1) is 18.5. The van der Waals surface area contributed by atoms with Crippen LogP contribution < -0.4 is 20.3 Å². The smallest absolute Gasteiger partial charge is 0.343 e. The summed E-state index contributed by atoms with van der Waals surface area (Å²) in [7, 11) is 0. The van der Waals surface area contributed by atoms with E-state index in [-0.39, 0.29) is 25.4 Å². The third-order valence-corrected chi connectivity index (χ3v) is 7.71. The quantitative estimate of drug-likeness (QED) is 0.257. The molecule has 6 heterocycles. The predicted octanol–water partition coefficient (Wildman–Crippen LogP) is 1.79. The van der Waals surface area contributed by atoms with Crippen molar-refractivity contribution < 1.29 is 24.1 Å². The topological polar surface area (TPSA) is 130 Å². The van der Waals surface area contributed by atoms with Crippen LogP contribution in [0.15, 0.2) is 41.7 Å². The molecule has 4 aromatic rings. The molecule has 1 aromatic carbocycles. The average molecular weight is 516 g/mol. The minimum atomic E-state index is -1.87. The van der Waals surface area contributed by atoms with Crippen molar-refractivity contribution in [1.29, 1.82) is 0 Å². The Morgan fingerprint density at radius 1 is 1.13 bits per heavy atom. The van der Waals surface area contributed by atoms with Crippen LogP contribution in [0.2, 0.25) is 0 Å². The first-order valence-electron chi connectivity index (χ1n) is 12.6. The lowest BCUT2D eigenvalue weighted by molar-refractivity contribution is -0.172. The molecule has 0 radical (unpaired) electrons. The molecule has 0 aliphatic carbocycles. The number of aromatic nitrogens is 4. The van der Waals surface area contributed by atoms with Gasteiger partial charge in [0.15, 0.2) is 17.1 Å². The highest BCUT2D eigenvalue weighted by Gasteiger charge is 2.45. The molecule has 38 heavy (non-hydrogen) atoms. The van der Waals surface area contributed by atoms with Crippen molar-refractivity contribution in [2.24, 2.45) is 0 Å². The van der Waals surface area contributed by atoms with Crippen LogP contribution in [0, 0.1) is 0 Å². The van der Waals surface area contributed by atoms with Crippen LogP contribution in [0.4, 0.5) is 0 Å². The minimum absolute atomic E-state index is 0.0926. The van der Waals surface area contributed by atoms with E-state index in [2.05, 4.69) is 10.3 Å². The van der Waals surface area contributed by atoms with Gasteiger partial charge in [-0.3, -0.25) is 4.79 Å². The van der Waals surface area contributed by atoms with Crippen molar-refractivity contribution in [1.82, 2.24) is 24.4 Å². The number of carbonyl (C=O) groups excluding carboxylic acids is 1. The highest BCUT2D eigenvalue weighted by molar-refractivity contribution is 5.91. The normalized spacial score (nSPS) is 18.8. The Morgan fingerprint density at radius 2 is 1.97 bits per heavy atom. The van der Waals surface area contributed by atoms with Crippen LogP contribution in [-0.2, 0) is 41.4 Å². The molecule has 3 aromatic heterocycles. The number of ether oxygens (including phenoxy) is 3. The van der Waals surface area contributed by atoms with Gasteiger partial charge in [0.2, 0.25) is 6.79 Å². The molecule has 0 spiro atoms. The van der Waals surface area contributed by atoms with E-state index in [1.54, 1.807) is 30.1 Å². The number of pyridine rings is 2. The number of imidazole rings is 1. The van der Waals surface area contributed by atoms with Gasteiger partial charge in [0, 0.05) is 54.6 Å². The Bertz CT molecular complexity index is 1680. The van der Waals surface area contributed by atoms with Gasteiger partial charge in [0.05, 0.1) is 35.3 Å². The summed E-state index contributed by atoms with van der Waals surface area (Å²) < 4.78 is 20.1. The number of rotatable bonds is 6.